The van der Waals surface area contributed by atoms with Crippen molar-refractivity contribution >= 4 is 23.8 Å². The van der Waals surface area contributed by atoms with Gasteiger partial charge in [-0.2, -0.15) is 5.26 Å². The molecule has 16 heavy (non-hydrogen) atoms. The Kier molecular flexibility index (Phi) is 6.56. The van der Waals surface area contributed by atoms with Gasteiger partial charge in [0.15, 0.2) is 16.6 Å². The van der Waals surface area contributed by atoms with Gasteiger partial charge >= 0.3 is 7.12 Å². The van der Waals surface area contributed by atoms with Crippen molar-refractivity contribution in [3.8, 4) is 6.07 Å². The SMILES string of the molecule is C[Si](C)(C)OB(CCCC#N)O[Si](C)(C)C. The molecule has 0 aromatic heterocycles. The fourth-order valence-electron chi connectivity index (χ4n) is 1.28. The van der Waals surface area contributed by atoms with Crippen molar-refractivity contribution in [2.75, 3.05) is 0 Å². The van der Waals surface area contributed by atoms with Crippen LogP contribution < -0.4 is 0 Å². The molecule has 92 valence electrons. The smallest absolute Gasteiger partial charge is 0.435 e. The number of hydrogen-bond acceptors (Lipinski definition) is 3. The fraction of sp³-hybridized carbons (Fsp3) is 0.900. The van der Waals surface area contributed by atoms with E-state index in [1.54, 1.807) is 0 Å². The first-order chi connectivity index (χ1) is 7.14. The van der Waals surface area contributed by atoms with E-state index in [9.17, 15) is 0 Å². The normalized spacial score (nSPS) is 12.3. The molecule has 0 atom stereocenters. The molecule has 0 heterocycles. The van der Waals surface area contributed by atoms with Gasteiger partial charge in [-0.15, -0.1) is 0 Å². The van der Waals surface area contributed by atoms with Crippen LogP contribution in [-0.4, -0.2) is 23.8 Å². The fourth-order valence-corrected chi connectivity index (χ4v) is 3.28. The summed E-state index contributed by atoms with van der Waals surface area (Å²) in [6.45, 7) is 13.0. The quantitative estimate of drug-likeness (QED) is 0.518. The second kappa shape index (κ2) is 6.60. The Labute approximate surface area is 103 Å². The highest BCUT2D eigenvalue weighted by atomic mass is 28.4. The highest BCUT2D eigenvalue weighted by Gasteiger charge is 2.30. The molecule has 0 aliphatic rings. The van der Waals surface area contributed by atoms with E-state index in [0.29, 0.717) is 6.42 Å². The van der Waals surface area contributed by atoms with E-state index in [2.05, 4.69) is 45.4 Å². The largest absolute Gasteiger partial charge is 0.454 e. The second-order valence-electron chi connectivity index (χ2n) is 5.94. The van der Waals surface area contributed by atoms with Crippen LogP contribution in [-0.2, 0) is 8.69 Å². The lowest BCUT2D eigenvalue weighted by Gasteiger charge is -2.29. The predicted octanol–water partition coefficient (Wildman–Crippen LogP) is 3.48. The van der Waals surface area contributed by atoms with E-state index in [-0.39, 0.29) is 7.12 Å². The van der Waals surface area contributed by atoms with Crippen molar-refractivity contribution in [3.05, 3.63) is 0 Å². The Hall–Kier alpha value is -0.0913. The standard InChI is InChI=1S/C10H24BNO2Si2/c1-15(2,3)13-11(9-7-8-10-12)14-16(4,5)6/h7-9H2,1-6H3. The van der Waals surface area contributed by atoms with Crippen LogP contribution in [0.15, 0.2) is 0 Å². The van der Waals surface area contributed by atoms with Crippen LogP contribution in [0.3, 0.4) is 0 Å². The third-order valence-electron chi connectivity index (χ3n) is 1.70. The van der Waals surface area contributed by atoms with Gasteiger partial charge in [0, 0.05) is 6.42 Å². The van der Waals surface area contributed by atoms with E-state index in [0.717, 1.165) is 12.7 Å². The van der Waals surface area contributed by atoms with Crippen molar-refractivity contribution < 1.29 is 8.69 Å². The van der Waals surface area contributed by atoms with Crippen LogP contribution in [0.25, 0.3) is 0 Å². The van der Waals surface area contributed by atoms with E-state index in [4.69, 9.17) is 13.9 Å². The maximum Gasteiger partial charge on any atom is 0.435 e. The molecule has 0 saturated carbocycles. The lowest BCUT2D eigenvalue weighted by Crippen LogP contribution is -2.43. The number of hydrogen-bond donors (Lipinski definition) is 0. The summed E-state index contributed by atoms with van der Waals surface area (Å²) >= 11 is 0. The van der Waals surface area contributed by atoms with Crippen LogP contribution in [0.4, 0.5) is 0 Å². The Morgan fingerprint density at radius 2 is 1.44 bits per heavy atom. The molecule has 0 amide bonds. The summed E-state index contributed by atoms with van der Waals surface area (Å²) in [5.41, 5.74) is 0. The molecule has 0 saturated heterocycles. The van der Waals surface area contributed by atoms with Crippen LogP contribution in [0, 0.1) is 11.3 Å². The summed E-state index contributed by atoms with van der Waals surface area (Å²) in [5.74, 6) is 0. The Bertz CT molecular complexity index is 227. The topological polar surface area (TPSA) is 42.2 Å². The van der Waals surface area contributed by atoms with E-state index < -0.39 is 16.6 Å². The van der Waals surface area contributed by atoms with E-state index in [1.807, 2.05) is 0 Å². The average Bonchev–Trinajstić information content (AvgIpc) is 1.97. The highest BCUT2D eigenvalue weighted by Crippen LogP contribution is 2.16. The number of nitriles is 1. The van der Waals surface area contributed by atoms with Gasteiger partial charge in [0.05, 0.1) is 6.07 Å². The zero-order chi connectivity index (χ0) is 12.8. The summed E-state index contributed by atoms with van der Waals surface area (Å²) in [6, 6.07) is 2.16. The highest BCUT2D eigenvalue weighted by molar-refractivity contribution is 6.81. The first kappa shape index (κ1) is 15.9. The molecule has 0 aromatic rings. The summed E-state index contributed by atoms with van der Waals surface area (Å²) in [5, 5.41) is 8.53. The van der Waals surface area contributed by atoms with E-state index in [1.165, 1.54) is 0 Å². The van der Waals surface area contributed by atoms with Crippen molar-refractivity contribution in [2.24, 2.45) is 0 Å². The van der Waals surface area contributed by atoms with Gasteiger partial charge in [-0.1, -0.05) is 0 Å². The molecule has 6 heteroatoms. The molecular formula is C10H24BNO2Si2. The summed E-state index contributed by atoms with van der Waals surface area (Å²) in [4.78, 5) is 0. The average molecular weight is 257 g/mol. The summed E-state index contributed by atoms with van der Waals surface area (Å²) < 4.78 is 12.0. The molecule has 3 nitrogen and oxygen atoms in total. The molecule has 0 aliphatic carbocycles. The molecule has 0 unspecified atom stereocenters. The van der Waals surface area contributed by atoms with Crippen LogP contribution in [0.1, 0.15) is 12.8 Å². The molecule has 0 radical (unpaired) electrons. The molecule has 0 N–H and O–H groups in total. The van der Waals surface area contributed by atoms with Gasteiger partial charge in [-0.05, 0) is 52.0 Å². The maximum absolute atomic E-state index is 8.53. The lowest BCUT2D eigenvalue weighted by atomic mass is 9.84. The Morgan fingerprint density at radius 1 is 1.00 bits per heavy atom. The Balaban J connectivity index is 4.23. The molecule has 0 bridgehead atoms. The third kappa shape index (κ3) is 10.4. The molecule has 0 spiro atoms. The molecule has 0 aromatic carbocycles. The summed E-state index contributed by atoms with van der Waals surface area (Å²) in [6.07, 6.45) is 2.28. The van der Waals surface area contributed by atoms with Gasteiger partial charge in [0.2, 0.25) is 0 Å². The van der Waals surface area contributed by atoms with Crippen LogP contribution >= 0.6 is 0 Å². The Morgan fingerprint density at radius 3 is 1.75 bits per heavy atom. The zero-order valence-corrected chi connectivity index (χ0v) is 13.5. The van der Waals surface area contributed by atoms with Crippen molar-refractivity contribution in [1.29, 1.82) is 5.26 Å². The zero-order valence-electron chi connectivity index (χ0n) is 11.5. The summed E-state index contributed by atoms with van der Waals surface area (Å²) in [7, 11) is -3.24. The van der Waals surface area contributed by atoms with Crippen molar-refractivity contribution in [2.45, 2.75) is 58.4 Å². The minimum Gasteiger partial charge on any atom is -0.454 e. The van der Waals surface area contributed by atoms with Gasteiger partial charge < -0.3 is 8.69 Å². The van der Waals surface area contributed by atoms with E-state index >= 15 is 0 Å². The van der Waals surface area contributed by atoms with Crippen LogP contribution in [0.2, 0.25) is 45.6 Å². The van der Waals surface area contributed by atoms with Crippen LogP contribution in [0.5, 0.6) is 0 Å². The molecule has 0 fully saturated rings. The van der Waals surface area contributed by atoms with Crippen molar-refractivity contribution in [1.82, 2.24) is 0 Å². The monoisotopic (exact) mass is 257 g/mol. The minimum absolute atomic E-state index is 0.105. The molecule has 0 rings (SSSR count). The second-order valence-corrected chi connectivity index (χ2v) is 14.9. The first-order valence-corrected chi connectivity index (χ1v) is 12.7. The number of rotatable bonds is 7. The van der Waals surface area contributed by atoms with Crippen molar-refractivity contribution in [3.63, 3.8) is 0 Å². The van der Waals surface area contributed by atoms with Gasteiger partial charge in [0.1, 0.15) is 0 Å². The minimum atomic E-state index is -1.57. The molecular weight excluding hydrogens is 233 g/mol. The molecule has 0 aliphatic heterocycles. The third-order valence-corrected chi connectivity index (χ3v) is 3.64. The van der Waals surface area contributed by atoms with Gasteiger partial charge in [-0.25, -0.2) is 0 Å². The lowest BCUT2D eigenvalue weighted by molar-refractivity contribution is 0.415. The maximum atomic E-state index is 8.53. The first-order valence-electron chi connectivity index (χ1n) is 5.87. The predicted molar refractivity (Wildman–Crippen MR) is 74.3 cm³/mol. The van der Waals surface area contributed by atoms with Gasteiger partial charge in [-0.3, -0.25) is 0 Å². The van der Waals surface area contributed by atoms with Gasteiger partial charge in [0.25, 0.3) is 0 Å². The number of nitrogens with zero attached hydrogens (tertiary/aromatic N) is 1. The number of unbranched alkanes of at least 4 members (excludes halogenated alkanes) is 1.